The summed E-state index contributed by atoms with van der Waals surface area (Å²) in [4.78, 5) is 14.7. The molecule has 106 valence electrons. The van der Waals surface area contributed by atoms with Crippen LogP contribution in [0, 0.1) is 5.82 Å². The van der Waals surface area contributed by atoms with Gasteiger partial charge in [0.25, 0.3) is 0 Å². The molecule has 0 aromatic carbocycles. The lowest BCUT2D eigenvalue weighted by atomic mass is 10.3. The van der Waals surface area contributed by atoms with Gasteiger partial charge in [-0.05, 0) is 0 Å². The summed E-state index contributed by atoms with van der Waals surface area (Å²) < 4.78 is 28.0. The van der Waals surface area contributed by atoms with Gasteiger partial charge >= 0.3 is 5.97 Å². The first-order valence-corrected chi connectivity index (χ1v) is 5.30. The van der Waals surface area contributed by atoms with Crippen LogP contribution in [-0.2, 0) is 9.47 Å². The molecule has 7 nitrogen and oxygen atoms in total. The zero-order chi connectivity index (χ0) is 14.4. The Labute approximate surface area is 109 Å². The number of halogens is 1. The van der Waals surface area contributed by atoms with E-state index < -0.39 is 23.7 Å². The number of carbonyl (C=O) groups excluding carboxylic acids is 1. The topological polar surface area (TPSA) is 81.1 Å². The molecule has 0 aliphatic rings. The third kappa shape index (κ3) is 4.12. The van der Waals surface area contributed by atoms with E-state index in [2.05, 4.69) is 9.72 Å². The normalized spacial score (nSPS) is 12.3. The molecule has 19 heavy (non-hydrogen) atoms. The second-order valence-electron chi connectivity index (χ2n) is 3.57. The Bertz CT molecular complexity index is 441. The van der Waals surface area contributed by atoms with Gasteiger partial charge in [0, 0.05) is 20.2 Å². The van der Waals surface area contributed by atoms with Gasteiger partial charge < -0.3 is 19.4 Å². The molecule has 8 heteroatoms. The predicted molar refractivity (Wildman–Crippen MR) is 61.4 cm³/mol. The SMILES string of the molecule is COC(=O)c1ncc(OCC(OC)N(C)O)cc1F. The lowest BCUT2D eigenvalue weighted by Gasteiger charge is -2.20. The Morgan fingerprint density at radius 2 is 2.26 bits per heavy atom. The Morgan fingerprint density at radius 1 is 1.58 bits per heavy atom. The Morgan fingerprint density at radius 3 is 2.74 bits per heavy atom. The zero-order valence-electron chi connectivity index (χ0n) is 10.8. The lowest BCUT2D eigenvalue weighted by Crippen LogP contribution is -2.35. The number of hydrogen-bond donors (Lipinski definition) is 1. The molecule has 0 radical (unpaired) electrons. The van der Waals surface area contributed by atoms with Crippen LogP contribution in [-0.4, -0.2) is 55.3 Å². The van der Waals surface area contributed by atoms with Crippen LogP contribution in [0.5, 0.6) is 5.75 Å². The summed E-state index contributed by atoms with van der Waals surface area (Å²) >= 11 is 0. The number of pyridine rings is 1. The van der Waals surface area contributed by atoms with Crippen LogP contribution in [0.1, 0.15) is 10.5 Å². The van der Waals surface area contributed by atoms with Gasteiger partial charge in [-0.2, -0.15) is 5.06 Å². The van der Waals surface area contributed by atoms with Crippen molar-refractivity contribution in [2.75, 3.05) is 27.9 Å². The summed E-state index contributed by atoms with van der Waals surface area (Å²) in [5.41, 5.74) is -0.419. The van der Waals surface area contributed by atoms with Crippen molar-refractivity contribution in [1.82, 2.24) is 10.0 Å². The van der Waals surface area contributed by atoms with E-state index in [1.54, 1.807) is 0 Å². The molecule has 0 spiro atoms. The number of hydroxylamine groups is 2. The van der Waals surface area contributed by atoms with Crippen LogP contribution in [0.3, 0.4) is 0 Å². The van der Waals surface area contributed by atoms with Gasteiger partial charge in [0.1, 0.15) is 12.4 Å². The van der Waals surface area contributed by atoms with Gasteiger partial charge in [0.2, 0.25) is 0 Å². The summed E-state index contributed by atoms with van der Waals surface area (Å²) in [6, 6.07) is 1.00. The molecule has 1 rings (SSSR count). The fraction of sp³-hybridized carbons (Fsp3) is 0.455. The Balaban J connectivity index is 2.71. The molecule has 1 heterocycles. The van der Waals surface area contributed by atoms with E-state index in [0.29, 0.717) is 0 Å². The Hall–Kier alpha value is -1.77. The molecule has 1 aromatic rings. The predicted octanol–water partition coefficient (Wildman–Crippen LogP) is 0.680. The number of likely N-dealkylation sites (N-methyl/N-ethyl adjacent to an activating group) is 1. The first-order valence-electron chi connectivity index (χ1n) is 5.30. The molecule has 0 aliphatic heterocycles. The molecule has 0 bridgehead atoms. The van der Waals surface area contributed by atoms with Crippen molar-refractivity contribution in [1.29, 1.82) is 0 Å². The average molecular weight is 274 g/mol. The average Bonchev–Trinajstić information content (AvgIpc) is 2.38. The highest BCUT2D eigenvalue weighted by Gasteiger charge is 2.16. The number of rotatable bonds is 6. The second-order valence-corrected chi connectivity index (χ2v) is 3.57. The van der Waals surface area contributed by atoms with Gasteiger partial charge in [-0.25, -0.2) is 14.2 Å². The quantitative estimate of drug-likeness (QED) is 0.464. The van der Waals surface area contributed by atoms with E-state index in [0.717, 1.165) is 18.2 Å². The molecule has 0 saturated heterocycles. The summed E-state index contributed by atoms with van der Waals surface area (Å²) in [7, 11) is 3.91. The van der Waals surface area contributed by atoms with Gasteiger partial charge in [0.15, 0.2) is 17.7 Å². The largest absolute Gasteiger partial charge is 0.488 e. The lowest BCUT2D eigenvalue weighted by molar-refractivity contribution is -0.198. The number of methoxy groups -OCH3 is 2. The van der Waals surface area contributed by atoms with Gasteiger partial charge in [-0.1, -0.05) is 0 Å². The van der Waals surface area contributed by atoms with Crippen molar-refractivity contribution in [3.05, 3.63) is 23.8 Å². The molecule has 1 atom stereocenters. The molecule has 0 aliphatic carbocycles. The molecule has 0 fully saturated rings. The fourth-order valence-electron chi connectivity index (χ4n) is 1.24. The molecule has 1 aromatic heterocycles. The highest BCUT2D eigenvalue weighted by molar-refractivity contribution is 5.87. The number of ether oxygens (including phenoxy) is 3. The van der Waals surface area contributed by atoms with Crippen LogP contribution in [0.15, 0.2) is 12.3 Å². The number of esters is 1. The van der Waals surface area contributed by atoms with E-state index in [1.807, 2.05) is 0 Å². The summed E-state index contributed by atoms with van der Waals surface area (Å²) in [6.07, 6.45) is 0.475. The zero-order valence-corrected chi connectivity index (χ0v) is 10.8. The first kappa shape index (κ1) is 15.3. The minimum Gasteiger partial charge on any atom is -0.488 e. The third-order valence-electron chi connectivity index (χ3n) is 2.28. The second kappa shape index (κ2) is 6.98. The van der Waals surface area contributed by atoms with Gasteiger partial charge in [-0.3, -0.25) is 0 Å². The van der Waals surface area contributed by atoms with Gasteiger partial charge in [0.05, 0.1) is 13.3 Å². The van der Waals surface area contributed by atoms with Crippen molar-refractivity contribution in [2.45, 2.75) is 6.23 Å². The molecule has 1 unspecified atom stereocenters. The smallest absolute Gasteiger partial charge is 0.359 e. The van der Waals surface area contributed by atoms with Crippen LogP contribution < -0.4 is 4.74 Å². The number of aromatic nitrogens is 1. The number of hydrogen-bond acceptors (Lipinski definition) is 7. The van der Waals surface area contributed by atoms with E-state index in [9.17, 15) is 14.4 Å². The van der Waals surface area contributed by atoms with Crippen LogP contribution in [0.2, 0.25) is 0 Å². The monoisotopic (exact) mass is 274 g/mol. The van der Waals surface area contributed by atoms with E-state index >= 15 is 0 Å². The Kier molecular flexibility index (Phi) is 5.61. The maximum absolute atomic E-state index is 13.5. The van der Waals surface area contributed by atoms with Crippen LogP contribution >= 0.6 is 0 Å². The van der Waals surface area contributed by atoms with Gasteiger partial charge in [-0.15, -0.1) is 0 Å². The maximum atomic E-state index is 13.5. The molecular weight excluding hydrogens is 259 g/mol. The molecule has 1 N–H and O–H groups in total. The molecule has 0 saturated carbocycles. The third-order valence-corrected chi connectivity index (χ3v) is 2.28. The van der Waals surface area contributed by atoms with Crippen molar-refractivity contribution >= 4 is 5.97 Å². The van der Waals surface area contributed by atoms with Crippen molar-refractivity contribution in [3.8, 4) is 5.75 Å². The van der Waals surface area contributed by atoms with E-state index in [-0.39, 0.29) is 12.4 Å². The summed E-state index contributed by atoms with van der Waals surface area (Å²) in [6.45, 7) is -0.0395. The summed E-state index contributed by atoms with van der Waals surface area (Å²) in [5.74, 6) is -1.61. The molecular formula is C11H15FN2O5. The first-order chi connectivity index (χ1) is 8.99. The number of carbonyl (C=O) groups is 1. The summed E-state index contributed by atoms with van der Waals surface area (Å²) in [5, 5.41) is 9.98. The van der Waals surface area contributed by atoms with E-state index in [4.69, 9.17) is 9.47 Å². The van der Waals surface area contributed by atoms with Crippen molar-refractivity contribution < 1.29 is 28.6 Å². The highest BCUT2D eigenvalue weighted by atomic mass is 19.1. The van der Waals surface area contributed by atoms with Crippen molar-refractivity contribution in [3.63, 3.8) is 0 Å². The maximum Gasteiger partial charge on any atom is 0.359 e. The molecule has 0 amide bonds. The van der Waals surface area contributed by atoms with Crippen LogP contribution in [0.25, 0.3) is 0 Å². The standard InChI is InChI=1S/C11H15FN2O5/c1-14(16)9(17-2)6-19-7-4-8(12)10(13-5-7)11(15)18-3/h4-5,9,16H,6H2,1-3H3. The minimum atomic E-state index is -0.867. The minimum absolute atomic E-state index is 0.0395. The van der Waals surface area contributed by atoms with Crippen LogP contribution in [0.4, 0.5) is 4.39 Å². The number of nitrogens with zero attached hydrogens (tertiary/aromatic N) is 2. The highest BCUT2D eigenvalue weighted by Crippen LogP contribution is 2.15. The van der Waals surface area contributed by atoms with Crippen molar-refractivity contribution in [2.24, 2.45) is 0 Å². The fourth-order valence-corrected chi connectivity index (χ4v) is 1.24. The van der Waals surface area contributed by atoms with E-state index in [1.165, 1.54) is 20.4 Å².